The quantitative estimate of drug-likeness (QED) is 0.796. The smallest absolute Gasteiger partial charge is 0.0802 e. The highest BCUT2D eigenvalue weighted by Crippen LogP contribution is 2.34. The summed E-state index contributed by atoms with van der Waals surface area (Å²) in [7, 11) is 1.82. The van der Waals surface area contributed by atoms with Crippen molar-refractivity contribution in [2.24, 2.45) is 0 Å². The van der Waals surface area contributed by atoms with Gasteiger partial charge in [0.1, 0.15) is 0 Å². The van der Waals surface area contributed by atoms with Crippen molar-refractivity contribution in [3.8, 4) is 0 Å². The molecule has 0 aromatic heterocycles. The average Bonchev–Trinajstić information content (AvgIpc) is 2.24. The number of methoxy groups -OCH3 is 1. The third-order valence-corrected chi connectivity index (χ3v) is 3.32. The first kappa shape index (κ1) is 10.7. The van der Waals surface area contributed by atoms with Gasteiger partial charge in [-0.3, -0.25) is 0 Å². The Morgan fingerprint density at radius 3 is 2.53 bits per heavy atom. The molecule has 2 nitrogen and oxygen atoms in total. The van der Waals surface area contributed by atoms with Crippen LogP contribution in [-0.2, 0) is 11.3 Å². The molecule has 15 heavy (non-hydrogen) atoms. The van der Waals surface area contributed by atoms with E-state index in [9.17, 15) is 0 Å². The van der Waals surface area contributed by atoms with Crippen molar-refractivity contribution in [3.05, 3.63) is 35.9 Å². The van der Waals surface area contributed by atoms with E-state index in [1.165, 1.54) is 24.8 Å². The monoisotopic (exact) mass is 205 g/mol. The van der Waals surface area contributed by atoms with Crippen LogP contribution in [0.2, 0.25) is 0 Å². The first-order chi connectivity index (χ1) is 7.35. The molecule has 0 spiro atoms. The molecule has 0 radical (unpaired) electrons. The van der Waals surface area contributed by atoms with Gasteiger partial charge in [-0.15, -0.1) is 0 Å². The van der Waals surface area contributed by atoms with E-state index >= 15 is 0 Å². The van der Waals surface area contributed by atoms with Gasteiger partial charge in [-0.1, -0.05) is 30.3 Å². The van der Waals surface area contributed by atoms with Crippen molar-refractivity contribution in [2.45, 2.75) is 31.4 Å². The molecule has 0 amide bonds. The standard InChI is InChI=1S/C13H19NO/c1-15-13(8-5-9-13)11-14-10-12-6-3-2-4-7-12/h2-4,6-7,14H,5,8-11H2,1H3. The summed E-state index contributed by atoms with van der Waals surface area (Å²) in [6.45, 7) is 1.91. The van der Waals surface area contributed by atoms with E-state index < -0.39 is 0 Å². The Bertz CT molecular complexity index is 287. The highest BCUT2D eigenvalue weighted by atomic mass is 16.5. The minimum Gasteiger partial charge on any atom is -0.377 e. The molecule has 0 heterocycles. The molecule has 1 aliphatic rings. The average molecular weight is 205 g/mol. The minimum absolute atomic E-state index is 0.134. The first-order valence-electron chi connectivity index (χ1n) is 5.64. The lowest BCUT2D eigenvalue weighted by Gasteiger charge is -2.40. The molecule has 2 rings (SSSR count). The topological polar surface area (TPSA) is 21.3 Å². The van der Waals surface area contributed by atoms with Crippen LogP contribution in [0.1, 0.15) is 24.8 Å². The first-order valence-corrected chi connectivity index (χ1v) is 5.64. The van der Waals surface area contributed by atoms with Gasteiger partial charge in [0.05, 0.1) is 5.60 Å². The number of rotatable bonds is 5. The summed E-state index contributed by atoms with van der Waals surface area (Å²) >= 11 is 0. The summed E-state index contributed by atoms with van der Waals surface area (Å²) in [6, 6.07) is 10.5. The molecular weight excluding hydrogens is 186 g/mol. The Morgan fingerprint density at radius 1 is 1.27 bits per heavy atom. The van der Waals surface area contributed by atoms with Crippen molar-refractivity contribution >= 4 is 0 Å². The predicted molar refractivity (Wildman–Crippen MR) is 61.7 cm³/mol. The molecule has 0 atom stereocenters. The third-order valence-electron chi connectivity index (χ3n) is 3.32. The predicted octanol–water partition coefficient (Wildman–Crippen LogP) is 2.35. The number of nitrogens with one attached hydrogen (secondary N) is 1. The van der Waals surface area contributed by atoms with Crippen molar-refractivity contribution in [1.29, 1.82) is 0 Å². The maximum atomic E-state index is 5.55. The SMILES string of the molecule is COC1(CNCc2ccccc2)CCC1. The lowest BCUT2D eigenvalue weighted by atomic mass is 9.80. The van der Waals surface area contributed by atoms with Crippen molar-refractivity contribution < 1.29 is 4.74 Å². The van der Waals surface area contributed by atoms with Gasteiger partial charge in [0, 0.05) is 20.2 Å². The Labute approximate surface area is 91.6 Å². The fraction of sp³-hybridized carbons (Fsp3) is 0.538. The Balaban J connectivity index is 1.75. The van der Waals surface area contributed by atoms with Gasteiger partial charge in [-0.25, -0.2) is 0 Å². The summed E-state index contributed by atoms with van der Waals surface area (Å²) in [5.74, 6) is 0. The van der Waals surface area contributed by atoms with Gasteiger partial charge in [0.2, 0.25) is 0 Å². The van der Waals surface area contributed by atoms with Crippen molar-refractivity contribution in [1.82, 2.24) is 5.32 Å². The molecule has 82 valence electrons. The molecule has 0 aliphatic heterocycles. The molecule has 1 saturated carbocycles. The van der Waals surface area contributed by atoms with Gasteiger partial charge in [0.15, 0.2) is 0 Å². The molecule has 0 bridgehead atoms. The molecule has 1 N–H and O–H groups in total. The van der Waals surface area contributed by atoms with Crippen LogP contribution in [-0.4, -0.2) is 19.3 Å². The molecular formula is C13H19NO. The Kier molecular flexibility index (Phi) is 3.39. The minimum atomic E-state index is 0.134. The summed E-state index contributed by atoms with van der Waals surface area (Å²) in [5, 5.41) is 3.47. The zero-order valence-corrected chi connectivity index (χ0v) is 9.33. The highest BCUT2D eigenvalue weighted by Gasteiger charge is 2.36. The molecule has 0 unspecified atom stereocenters. The van der Waals surface area contributed by atoms with E-state index in [-0.39, 0.29) is 5.60 Å². The van der Waals surface area contributed by atoms with Gasteiger partial charge in [0.25, 0.3) is 0 Å². The molecule has 1 aromatic rings. The van der Waals surface area contributed by atoms with Gasteiger partial charge < -0.3 is 10.1 Å². The third kappa shape index (κ3) is 2.58. The lowest BCUT2D eigenvalue weighted by Crippen LogP contribution is -2.47. The highest BCUT2D eigenvalue weighted by molar-refractivity contribution is 5.14. The van der Waals surface area contributed by atoms with Crippen LogP contribution in [0, 0.1) is 0 Å². The summed E-state index contributed by atoms with van der Waals surface area (Å²) in [4.78, 5) is 0. The second-order valence-electron chi connectivity index (χ2n) is 4.33. The van der Waals surface area contributed by atoms with E-state index in [2.05, 4.69) is 29.6 Å². The van der Waals surface area contributed by atoms with Crippen LogP contribution in [0.3, 0.4) is 0 Å². The fourth-order valence-corrected chi connectivity index (χ4v) is 2.05. The number of ether oxygens (including phenoxy) is 1. The summed E-state index contributed by atoms with van der Waals surface area (Å²) in [5.41, 5.74) is 1.47. The van der Waals surface area contributed by atoms with E-state index in [1.807, 2.05) is 13.2 Å². The van der Waals surface area contributed by atoms with Crippen LogP contribution < -0.4 is 5.32 Å². The number of hydrogen-bond acceptors (Lipinski definition) is 2. The van der Waals surface area contributed by atoms with Crippen LogP contribution in [0.5, 0.6) is 0 Å². The van der Waals surface area contributed by atoms with E-state index in [4.69, 9.17) is 4.74 Å². The Hall–Kier alpha value is -0.860. The maximum absolute atomic E-state index is 5.55. The van der Waals surface area contributed by atoms with Crippen LogP contribution in [0.15, 0.2) is 30.3 Å². The zero-order chi connectivity index (χ0) is 10.6. The molecule has 0 saturated heterocycles. The second-order valence-corrected chi connectivity index (χ2v) is 4.33. The number of hydrogen-bond donors (Lipinski definition) is 1. The van der Waals surface area contributed by atoms with Crippen LogP contribution in [0.4, 0.5) is 0 Å². The summed E-state index contributed by atoms with van der Waals surface area (Å²) < 4.78 is 5.55. The van der Waals surface area contributed by atoms with Crippen molar-refractivity contribution in [3.63, 3.8) is 0 Å². The number of benzene rings is 1. The molecule has 1 fully saturated rings. The Morgan fingerprint density at radius 2 is 2.00 bits per heavy atom. The van der Waals surface area contributed by atoms with Gasteiger partial charge >= 0.3 is 0 Å². The van der Waals surface area contributed by atoms with E-state index in [1.54, 1.807) is 0 Å². The largest absolute Gasteiger partial charge is 0.377 e. The normalized spacial score (nSPS) is 18.5. The summed E-state index contributed by atoms with van der Waals surface area (Å²) in [6.07, 6.45) is 3.71. The molecule has 1 aromatic carbocycles. The lowest BCUT2D eigenvalue weighted by molar-refractivity contribution is -0.0695. The van der Waals surface area contributed by atoms with E-state index in [0.717, 1.165) is 13.1 Å². The van der Waals surface area contributed by atoms with Crippen LogP contribution in [0.25, 0.3) is 0 Å². The van der Waals surface area contributed by atoms with Gasteiger partial charge in [-0.05, 0) is 24.8 Å². The van der Waals surface area contributed by atoms with Crippen LogP contribution >= 0.6 is 0 Å². The maximum Gasteiger partial charge on any atom is 0.0802 e. The zero-order valence-electron chi connectivity index (χ0n) is 9.33. The fourth-order valence-electron chi connectivity index (χ4n) is 2.05. The molecule has 2 heteroatoms. The molecule has 1 aliphatic carbocycles. The van der Waals surface area contributed by atoms with Crippen molar-refractivity contribution in [2.75, 3.05) is 13.7 Å². The van der Waals surface area contributed by atoms with E-state index in [0.29, 0.717) is 0 Å². The van der Waals surface area contributed by atoms with Gasteiger partial charge in [-0.2, -0.15) is 0 Å². The second kappa shape index (κ2) is 4.77.